The Kier molecular flexibility index (Phi) is 0.219. The molecule has 0 saturated carbocycles. The van der Waals surface area contributed by atoms with E-state index in [4.69, 9.17) is 0 Å². The first-order chi connectivity index (χ1) is 2.21. The summed E-state index contributed by atoms with van der Waals surface area (Å²) in [5, 5.41) is 0. The zero-order chi connectivity index (χ0) is 3.91. The summed E-state index contributed by atoms with van der Waals surface area (Å²) in [4.78, 5) is 0. The third-order valence-electron chi connectivity index (χ3n) is 0.256. The molecule has 1 aliphatic rings. The van der Waals surface area contributed by atoms with Crippen molar-refractivity contribution in [2.24, 2.45) is 0 Å². The zero-order valence-corrected chi connectivity index (χ0v) is 2.16. The van der Waals surface area contributed by atoms with Crippen molar-refractivity contribution in [1.29, 1.82) is 0 Å². The van der Waals surface area contributed by atoms with Crippen LogP contribution in [0.25, 0.3) is 0 Å². The Bertz CT molecular complexity index is 67.7. The number of halogens is 2. The van der Waals surface area contributed by atoms with Crippen molar-refractivity contribution in [2.45, 2.75) is 6.11 Å². The first-order valence-corrected chi connectivity index (χ1v) is 1.04. The smallest absolute Gasteiger partial charge is 0.401 e. The number of rotatable bonds is 0. The maximum Gasteiger partial charge on any atom is 0.505 e. The van der Waals surface area contributed by atoms with Crippen LogP contribution in [0, 0.1) is 0 Å². The SMILES string of the molecule is FC1(F)[C-]=[O+]1. The van der Waals surface area contributed by atoms with Crippen LogP contribution in [0.5, 0.6) is 0 Å². The second-order valence-corrected chi connectivity index (χ2v) is 0.721. The Hall–Kier alpha value is -0.470. The Morgan fingerprint density at radius 2 is 1.80 bits per heavy atom. The van der Waals surface area contributed by atoms with Gasteiger partial charge in [-0.2, -0.15) is 0 Å². The molecule has 1 rings (SSSR count). The van der Waals surface area contributed by atoms with Gasteiger partial charge in [0.15, 0.2) is 6.29 Å². The normalized spacial score (nSPS) is 26.8. The topological polar surface area (TPSA) is 11.3 Å². The lowest BCUT2D eigenvalue weighted by molar-refractivity contribution is -0.124. The molecule has 1 heterocycles. The lowest BCUT2D eigenvalue weighted by atomic mass is 10.9. The summed E-state index contributed by atoms with van der Waals surface area (Å²) < 4.78 is 24.9. The number of hydrogen-bond donors (Lipinski definition) is 0. The van der Waals surface area contributed by atoms with Gasteiger partial charge in [0.25, 0.3) is 0 Å². The molecule has 5 heavy (non-hydrogen) atoms. The number of carbonyl (C=O) groups excluding carboxylic acids is 1. The third-order valence-corrected chi connectivity index (χ3v) is 0.256. The molecule has 0 spiro atoms. The molecule has 0 atom stereocenters. The van der Waals surface area contributed by atoms with Crippen molar-refractivity contribution in [2.75, 3.05) is 0 Å². The van der Waals surface area contributed by atoms with Gasteiger partial charge in [0, 0.05) is 0 Å². The molecular formula is C2F2O. The van der Waals surface area contributed by atoms with E-state index in [0.717, 1.165) is 0 Å². The van der Waals surface area contributed by atoms with Gasteiger partial charge in [-0.05, 0) is 0 Å². The highest BCUT2D eigenvalue weighted by Crippen LogP contribution is 2.16. The first-order valence-electron chi connectivity index (χ1n) is 1.04. The molecule has 28 valence electrons. The standard InChI is InChI=1S/C2F2O/c3-2(4)1-5-2. The highest BCUT2D eigenvalue weighted by Gasteiger charge is 2.41. The molecule has 0 bridgehead atoms. The molecule has 0 radical (unpaired) electrons. The molecule has 1 nitrogen and oxygen atoms in total. The minimum atomic E-state index is -3.00. The fourth-order valence-electron chi connectivity index (χ4n) is 0.0386. The van der Waals surface area contributed by atoms with Gasteiger partial charge in [-0.1, -0.05) is 0 Å². The van der Waals surface area contributed by atoms with Gasteiger partial charge >= 0.3 is 6.11 Å². The van der Waals surface area contributed by atoms with Crippen molar-refractivity contribution < 1.29 is 13.2 Å². The average Bonchev–Trinajstić information content (AvgIpc) is 1.76. The van der Waals surface area contributed by atoms with E-state index in [1.54, 1.807) is 0 Å². The minimum absolute atomic E-state index is 1.34. The van der Waals surface area contributed by atoms with Crippen LogP contribution < -0.4 is 0 Å². The van der Waals surface area contributed by atoms with E-state index in [1.165, 1.54) is 6.29 Å². The van der Waals surface area contributed by atoms with E-state index in [0.29, 0.717) is 0 Å². The second kappa shape index (κ2) is 0.398. The number of alkyl halides is 2. The monoisotopic (exact) mass is 78.0 g/mol. The van der Waals surface area contributed by atoms with E-state index in [-0.39, 0.29) is 0 Å². The van der Waals surface area contributed by atoms with Gasteiger partial charge in [-0.25, -0.2) is 0 Å². The Labute approximate surface area is 26.9 Å². The van der Waals surface area contributed by atoms with Gasteiger partial charge in [-0.15, -0.1) is 8.78 Å². The van der Waals surface area contributed by atoms with E-state index >= 15 is 0 Å². The highest BCUT2D eigenvalue weighted by molar-refractivity contribution is 5.67. The van der Waals surface area contributed by atoms with Gasteiger partial charge in [0.2, 0.25) is 0 Å². The van der Waals surface area contributed by atoms with E-state index in [2.05, 4.69) is 4.42 Å². The third kappa shape index (κ3) is 0.403. The molecule has 0 N–H and O–H groups in total. The molecule has 0 aromatic carbocycles. The zero-order valence-electron chi connectivity index (χ0n) is 2.16. The molecule has 1 aliphatic heterocycles. The molecule has 0 unspecified atom stereocenters. The molecule has 0 aromatic heterocycles. The summed E-state index contributed by atoms with van der Waals surface area (Å²) in [5.74, 6) is 0. The van der Waals surface area contributed by atoms with Crippen LogP contribution in [0.2, 0.25) is 0 Å². The highest BCUT2D eigenvalue weighted by atomic mass is 19.3. The molecular weight excluding hydrogens is 78.0 g/mol. The predicted molar refractivity (Wildman–Crippen MR) is 10.6 cm³/mol. The average molecular weight is 78.0 g/mol. The number of hydrogen-bond acceptors (Lipinski definition) is 0. The van der Waals surface area contributed by atoms with Gasteiger partial charge in [0.1, 0.15) is 0 Å². The molecule has 0 fully saturated rings. The van der Waals surface area contributed by atoms with Crippen LogP contribution in [0.15, 0.2) is 0 Å². The summed E-state index contributed by atoms with van der Waals surface area (Å²) in [5.41, 5.74) is 0. The molecule has 0 saturated heterocycles. The summed E-state index contributed by atoms with van der Waals surface area (Å²) in [6.45, 7) is 0. The van der Waals surface area contributed by atoms with Crippen molar-refractivity contribution in [3.8, 4) is 0 Å². The lowest BCUT2D eigenvalue weighted by Crippen LogP contribution is -1.90. The van der Waals surface area contributed by atoms with E-state index in [1.807, 2.05) is 0 Å². The van der Waals surface area contributed by atoms with Crippen LogP contribution in [-0.4, -0.2) is 12.4 Å². The Balaban J connectivity index is 2.47. The van der Waals surface area contributed by atoms with Gasteiger partial charge < -0.3 is 4.42 Å². The van der Waals surface area contributed by atoms with Crippen molar-refractivity contribution in [3.05, 3.63) is 0 Å². The maximum atomic E-state index is 10.8. The van der Waals surface area contributed by atoms with Crippen molar-refractivity contribution in [3.63, 3.8) is 0 Å². The summed E-state index contributed by atoms with van der Waals surface area (Å²) in [6.07, 6.45) is -1.66. The van der Waals surface area contributed by atoms with E-state index < -0.39 is 6.11 Å². The minimum Gasteiger partial charge on any atom is -0.401 e. The molecule has 0 aliphatic carbocycles. The van der Waals surface area contributed by atoms with E-state index in [9.17, 15) is 8.78 Å². The van der Waals surface area contributed by atoms with Crippen LogP contribution in [0.4, 0.5) is 8.78 Å². The van der Waals surface area contributed by atoms with Crippen LogP contribution in [-0.2, 0) is 4.42 Å². The van der Waals surface area contributed by atoms with Gasteiger partial charge in [0.05, 0.1) is 0 Å². The summed E-state index contributed by atoms with van der Waals surface area (Å²) in [6, 6.07) is 0. The lowest BCUT2D eigenvalue weighted by Gasteiger charge is -1.69. The Morgan fingerprint density at radius 3 is 1.80 bits per heavy atom. The largest absolute Gasteiger partial charge is 0.505 e. The fourth-order valence-corrected chi connectivity index (χ4v) is 0.0386. The molecule has 3 heteroatoms. The quantitative estimate of drug-likeness (QED) is 0.290. The maximum absolute atomic E-state index is 10.8. The second-order valence-electron chi connectivity index (χ2n) is 0.721. The summed E-state index contributed by atoms with van der Waals surface area (Å²) in [7, 11) is 0. The van der Waals surface area contributed by atoms with Crippen molar-refractivity contribution >= 4 is 6.29 Å². The predicted octanol–water partition coefficient (Wildman–Crippen LogP) is 0.238. The molecule has 0 amide bonds. The van der Waals surface area contributed by atoms with Gasteiger partial charge in [-0.3, -0.25) is 0 Å². The first kappa shape index (κ1) is 2.75. The van der Waals surface area contributed by atoms with Crippen LogP contribution in [0.1, 0.15) is 0 Å². The Morgan fingerprint density at radius 1 is 1.60 bits per heavy atom. The van der Waals surface area contributed by atoms with Crippen molar-refractivity contribution in [1.82, 2.24) is 0 Å². The fraction of sp³-hybridized carbons (Fsp3) is 0.500. The van der Waals surface area contributed by atoms with Crippen LogP contribution in [0.3, 0.4) is 0 Å². The summed E-state index contributed by atoms with van der Waals surface area (Å²) >= 11 is 0. The van der Waals surface area contributed by atoms with Crippen LogP contribution >= 0.6 is 0 Å². The molecule has 0 aromatic rings.